The minimum Gasteiger partial charge on any atom is -0.289 e. The molecule has 0 saturated heterocycles. The molecular weight excluding hydrogens is 380 g/mol. The zero-order chi connectivity index (χ0) is 19.4. The summed E-state index contributed by atoms with van der Waals surface area (Å²) in [6.07, 6.45) is -4.22. The number of carbonyl (C=O) groups excluding carboxylic acids is 1. The number of hydrogen-bond donors (Lipinski definition) is 0. The van der Waals surface area contributed by atoms with Gasteiger partial charge < -0.3 is 0 Å². The van der Waals surface area contributed by atoms with Crippen LogP contribution in [0.5, 0.6) is 0 Å². The molecule has 0 aliphatic carbocycles. The highest BCUT2D eigenvalue weighted by atomic mass is 32.2. The molecule has 1 aliphatic heterocycles. The van der Waals surface area contributed by atoms with Crippen molar-refractivity contribution in [3.63, 3.8) is 0 Å². The second kappa shape index (κ2) is 8.12. The highest BCUT2D eigenvalue weighted by Gasteiger charge is 2.30. The van der Waals surface area contributed by atoms with E-state index in [-0.39, 0.29) is 18.1 Å². The van der Waals surface area contributed by atoms with Crippen molar-refractivity contribution in [1.29, 1.82) is 0 Å². The second-order valence-electron chi connectivity index (χ2n) is 6.00. The third-order valence-electron chi connectivity index (χ3n) is 4.02. The van der Waals surface area contributed by atoms with E-state index in [1.165, 1.54) is 36.0 Å². The molecule has 1 heterocycles. The molecule has 0 bridgehead atoms. The molecule has 2 aromatic rings. The lowest BCUT2D eigenvalue weighted by atomic mass is 10.1. The topological polar surface area (TPSA) is 32.7 Å². The number of amidine groups is 1. The number of hydrogen-bond acceptors (Lipinski definition) is 3. The second-order valence-corrected chi connectivity index (χ2v) is 6.94. The molecule has 1 aliphatic rings. The maximum Gasteiger partial charge on any atom is 0.416 e. The first-order chi connectivity index (χ1) is 12.8. The first kappa shape index (κ1) is 19.4. The van der Waals surface area contributed by atoms with Crippen molar-refractivity contribution in [2.45, 2.75) is 18.3 Å². The van der Waals surface area contributed by atoms with E-state index in [2.05, 4.69) is 4.99 Å². The number of rotatable bonds is 4. The lowest BCUT2D eigenvalue weighted by Gasteiger charge is -2.18. The van der Waals surface area contributed by atoms with Gasteiger partial charge in [0.1, 0.15) is 5.82 Å². The molecule has 3 nitrogen and oxygen atoms in total. The minimum absolute atomic E-state index is 0.139. The molecule has 0 saturated carbocycles. The maximum atomic E-state index is 13.0. The lowest BCUT2D eigenvalue weighted by Crippen LogP contribution is -2.34. The summed E-state index contributed by atoms with van der Waals surface area (Å²) in [5.74, 6) is -0.0865. The van der Waals surface area contributed by atoms with Gasteiger partial charge in [-0.2, -0.15) is 13.2 Å². The van der Waals surface area contributed by atoms with Crippen molar-refractivity contribution in [2.24, 2.45) is 4.99 Å². The largest absolute Gasteiger partial charge is 0.416 e. The Balaban J connectivity index is 1.58. The van der Waals surface area contributed by atoms with Gasteiger partial charge in [-0.25, -0.2) is 4.39 Å². The van der Waals surface area contributed by atoms with Crippen LogP contribution in [-0.4, -0.2) is 29.1 Å². The first-order valence-electron chi connectivity index (χ1n) is 8.21. The van der Waals surface area contributed by atoms with E-state index >= 15 is 0 Å². The molecule has 0 radical (unpaired) electrons. The molecule has 0 spiro atoms. The number of nitrogens with zero attached hydrogens (tertiary/aromatic N) is 2. The van der Waals surface area contributed by atoms with E-state index in [0.717, 1.165) is 12.1 Å². The monoisotopic (exact) mass is 396 g/mol. The van der Waals surface area contributed by atoms with Gasteiger partial charge in [0, 0.05) is 12.3 Å². The number of aliphatic imine (C=N–C) groups is 1. The Kier molecular flexibility index (Phi) is 5.84. The number of amides is 1. The van der Waals surface area contributed by atoms with Gasteiger partial charge in [0.15, 0.2) is 5.17 Å². The molecule has 2 aromatic carbocycles. The quantitative estimate of drug-likeness (QED) is 0.712. The lowest BCUT2D eigenvalue weighted by molar-refractivity contribution is -0.137. The van der Waals surface area contributed by atoms with Gasteiger partial charge in [0.25, 0.3) is 0 Å². The van der Waals surface area contributed by atoms with Gasteiger partial charge in [-0.3, -0.25) is 14.7 Å². The summed E-state index contributed by atoms with van der Waals surface area (Å²) >= 11 is 1.31. The summed E-state index contributed by atoms with van der Waals surface area (Å²) in [5.41, 5.74) is 0.736. The van der Waals surface area contributed by atoms with Gasteiger partial charge in [0.05, 0.1) is 18.5 Å². The molecule has 0 aromatic heterocycles. The molecule has 0 fully saturated rings. The summed E-state index contributed by atoms with van der Waals surface area (Å²) < 4.78 is 50.8. The predicted octanol–water partition coefficient (Wildman–Crippen LogP) is 4.52. The molecule has 0 atom stereocenters. The van der Waals surface area contributed by atoms with Gasteiger partial charge in [-0.05, 0) is 35.4 Å². The van der Waals surface area contributed by atoms with Crippen molar-refractivity contribution < 1.29 is 22.4 Å². The Bertz CT molecular complexity index is 832. The molecule has 1 amide bonds. The molecule has 0 unspecified atom stereocenters. The number of alkyl halides is 3. The van der Waals surface area contributed by atoms with Crippen LogP contribution >= 0.6 is 11.8 Å². The van der Waals surface area contributed by atoms with Crippen LogP contribution < -0.4 is 0 Å². The van der Waals surface area contributed by atoms with Crippen LogP contribution in [0.3, 0.4) is 0 Å². The van der Waals surface area contributed by atoms with E-state index in [1.807, 2.05) is 0 Å². The Morgan fingerprint density at radius 1 is 1.04 bits per heavy atom. The van der Waals surface area contributed by atoms with Crippen LogP contribution in [0.15, 0.2) is 53.5 Å². The Labute approximate surface area is 158 Å². The van der Waals surface area contributed by atoms with E-state index in [0.29, 0.717) is 35.1 Å². The van der Waals surface area contributed by atoms with Gasteiger partial charge in [-0.15, -0.1) is 0 Å². The Morgan fingerprint density at radius 2 is 1.67 bits per heavy atom. The molecule has 142 valence electrons. The molecule has 8 heteroatoms. The third kappa shape index (κ3) is 5.09. The molecule has 3 rings (SSSR count). The van der Waals surface area contributed by atoms with Gasteiger partial charge in [-0.1, -0.05) is 36.0 Å². The molecule has 0 N–H and O–H groups in total. The van der Waals surface area contributed by atoms with Crippen LogP contribution in [0.25, 0.3) is 0 Å². The van der Waals surface area contributed by atoms with Crippen LogP contribution in [0.2, 0.25) is 0 Å². The molecule has 27 heavy (non-hydrogen) atoms. The van der Waals surface area contributed by atoms with Crippen LogP contribution in [0.1, 0.15) is 16.7 Å². The number of benzene rings is 2. The summed E-state index contributed by atoms with van der Waals surface area (Å²) in [6, 6.07) is 10.7. The highest BCUT2D eigenvalue weighted by Crippen LogP contribution is 2.30. The zero-order valence-corrected chi connectivity index (χ0v) is 15.0. The fourth-order valence-corrected chi connectivity index (χ4v) is 3.61. The normalized spacial score (nSPS) is 14.4. The first-order valence-corrected chi connectivity index (χ1v) is 9.20. The highest BCUT2D eigenvalue weighted by molar-refractivity contribution is 8.13. The van der Waals surface area contributed by atoms with Crippen molar-refractivity contribution in [1.82, 2.24) is 4.90 Å². The minimum atomic E-state index is -4.36. The average Bonchev–Trinajstić information content (AvgIpc) is 3.10. The fraction of sp³-hybridized carbons (Fsp3) is 0.263. The van der Waals surface area contributed by atoms with Gasteiger partial charge in [0.2, 0.25) is 5.91 Å². The van der Waals surface area contributed by atoms with Crippen molar-refractivity contribution in [3.05, 3.63) is 71.0 Å². The van der Waals surface area contributed by atoms with E-state index in [1.54, 1.807) is 17.0 Å². The zero-order valence-electron chi connectivity index (χ0n) is 14.2. The SMILES string of the molecule is O=C(Cc1ccc(F)cc1)N1CCN=C1SCc1ccc(C(F)(F)F)cc1. The van der Waals surface area contributed by atoms with E-state index in [9.17, 15) is 22.4 Å². The Morgan fingerprint density at radius 3 is 2.30 bits per heavy atom. The molecular formula is C19H16F4N2OS. The van der Waals surface area contributed by atoms with Crippen molar-refractivity contribution in [2.75, 3.05) is 13.1 Å². The van der Waals surface area contributed by atoms with Crippen molar-refractivity contribution in [3.8, 4) is 0 Å². The van der Waals surface area contributed by atoms with Crippen LogP contribution in [0.4, 0.5) is 17.6 Å². The fourth-order valence-electron chi connectivity index (χ4n) is 2.59. The van der Waals surface area contributed by atoms with Crippen LogP contribution in [-0.2, 0) is 23.1 Å². The average molecular weight is 396 g/mol. The van der Waals surface area contributed by atoms with Crippen LogP contribution in [0, 0.1) is 5.82 Å². The van der Waals surface area contributed by atoms with Gasteiger partial charge >= 0.3 is 6.18 Å². The summed E-state index contributed by atoms with van der Waals surface area (Å²) in [7, 11) is 0. The predicted molar refractivity (Wildman–Crippen MR) is 96.9 cm³/mol. The Hall–Kier alpha value is -2.35. The number of halogens is 4. The standard InChI is InChI=1S/C19H16F4N2OS/c20-16-7-3-13(4-8-16)11-17(26)25-10-9-24-18(25)27-12-14-1-5-15(6-2-14)19(21,22)23/h1-8H,9-12H2. The van der Waals surface area contributed by atoms with E-state index < -0.39 is 11.7 Å². The summed E-state index contributed by atoms with van der Waals surface area (Å²) in [4.78, 5) is 18.4. The summed E-state index contributed by atoms with van der Waals surface area (Å²) in [6.45, 7) is 0.958. The smallest absolute Gasteiger partial charge is 0.289 e. The van der Waals surface area contributed by atoms with Crippen molar-refractivity contribution >= 4 is 22.8 Å². The third-order valence-corrected chi connectivity index (χ3v) is 5.11. The maximum absolute atomic E-state index is 13.0. The summed E-state index contributed by atoms with van der Waals surface area (Å²) in [5, 5.41) is 0.557. The van der Waals surface area contributed by atoms with E-state index in [4.69, 9.17) is 0 Å². The number of thioether (sulfide) groups is 1. The number of carbonyl (C=O) groups is 1.